The molecule has 1 saturated heterocycles. The first-order valence-corrected chi connectivity index (χ1v) is 17.0. The number of rotatable bonds is 13. The number of anilines is 1. The van der Waals surface area contributed by atoms with Gasteiger partial charge in [-0.3, -0.25) is 28.3 Å². The Morgan fingerprint density at radius 1 is 1.00 bits per heavy atom. The topological polar surface area (TPSA) is 138 Å². The first-order chi connectivity index (χ1) is 23.6. The van der Waals surface area contributed by atoms with E-state index in [4.69, 9.17) is 4.74 Å². The highest BCUT2D eigenvalue weighted by molar-refractivity contribution is 5.92. The molecule has 0 spiro atoms. The molecular formula is C35H53F2N7O5. The summed E-state index contributed by atoms with van der Waals surface area (Å²) in [4.78, 5) is 53.3. The number of amides is 4. The van der Waals surface area contributed by atoms with Crippen molar-refractivity contribution in [3.05, 3.63) is 47.5 Å². The van der Waals surface area contributed by atoms with Crippen molar-refractivity contribution >= 4 is 29.3 Å². The molecule has 2 aromatic rings. The smallest absolute Gasteiger partial charge is 0.269 e. The van der Waals surface area contributed by atoms with Crippen LogP contribution in [0.4, 0.5) is 14.5 Å². The van der Waals surface area contributed by atoms with Gasteiger partial charge in [0.05, 0.1) is 12.9 Å². The lowest BCUT2D eigenvalue weighted by Crippen LogP contribution is -2.56. The van der Waals surface area contributed by atoms with Crippen LogP contribution in [0, 0.1) is 23.6 Å². The second-order valence-electron chi connectivity index (χ2n) is 12.8. The van der Waals surface area contributed by atoms with Gasteiger partial charge in [0, 0.05) is 65.4 Å². The lowest BCUT2D eigenvalue weighted by atomic mass is 9.91. The number of carbonyl (C=O) groups excluding carboxylic acids is 4. The molecule has 272 valence electrons. The zero-order valence-corrected chi connectivity index (χ0v) is 29.6. The number of carbonyl (C=O) groups is 4. The van der Waals surface area contributed by atoms with E-state index in [9.17, 15) is 23.6 Å². The molecule has 0 bridgehead atoms. The molecule has 1 aromatic carbocycles. The van der Waals surface area contributed by atoms with Gasteiger partial charge in [-0.2, -0.15) is 5.10 Å². The van der Waals surface area contributed by atoms with E-state index in [1.807, 2.05) is 14.0 Å². The van der Waals surface area contributed by atoms with Crippen molar-refractivity contribution in [2.45, 2.75) is 64.5 Å². The predicted octanol–water partition coefficient (Wildman–Crippen LogP) is 3.45. The van der Waals surface area contributed by atoms with E-state index in [0.29, 0.717) is 55.7 Å². The highest BCUT2D eigenvalue weighted by atomic mass is 19.1. The Balaban J connectivity index is 0.000000422. The third-order valence-corrected chi connectivity index (χ3v) is 9.32. The number of nitrogens with zero attached hydrogens (tertiary/aromatic N) is 4. The molecule has 4 amide bonds. The highest BCUT2D eigenvalue weighted by Crippen LogP contribution is 2.50. The Labute approximate surface area is 288 Å². The fourth-order valence-corrected chi connectivity index (χ4v) is 6.17. The van der Waals surface area contributed by atoms with E-state index in [-0.39, 0.29) is 30.0 Å². The van der Waals surface area contributed by atoms with Gasteiger partial charge < -0.3 is 30.5 Å². The van der Waals surface area contributed by atoms with Crippen LogP contribution >= 0.6 is 0 Å². The van der Waals surface area contributed by atoms with Crippen molar-refractivity contribution in [3.63, 3.8) is 0 Å². The van der Waals surface area contributed by atoms with Crippen molar-refractivity contribution in [1.82, 2.24) is 30.2 Å². The number of likely N-dealkylation sites (N-methyl/N-ethyl adjacent to an activating group) is 1. The zero-order valence-electron chi connectivity index (χ0n) is 29.6. The lowest BCUT2D eigenvalue weighted by Gasteiger charge is -2.36. The van der Waals surface area contributed by atoms with E-state index in [1.54, 1.807) is 47.9 Å². The van der Waals surface area contributed by atoms with Gasteiger partial charge in [0.25, 0.3) is 5.91 Å². The molecule has 1 aliphatic heterocycles. The van der Waals surface area contributed by atoms with Crippen molar-refractivity contribution in [1.29, 1.82) is 0 Å². The van der Waals surface area contributed by atoms with E-state index in [2.05, 4.69) is 25.9 Å². The molecule has 2 unspecified atom stereocenters. The number of alkyl halides is 1. The summed E-state index contributed by atoms with van der Waals surface area (Å²) in [5.74, 6) is -0.130. The highest BCUT2D eigenvalue weighted by Gasteiger charge is 2.42. The second kappa shape index (κ2) is 19.3. The SMILES string of the molecule is CCn1nccc1C(=O)NC.CF.COCC(=O)NC(C(=O)N1CCN(C)CC1)C(C)c1ccc(NC(=O)CC(C2CC2)C2CC2)c(F)c1. The Morgan fingerprint density at radius 3 is 2.16 bits per heavy atom. The van der Waals surface area contributed by atoms with Crippen LogP contribution < -0.4 is 16.0 Å². The monoisotopic (exact) mass is 689 g/mol. The quantitative estimate of drug-likeness (QED) is 0.293. The predicted molar refractivity (Wildman–Crippen MR) is 183 cm³/mol. The molecule has 3 N–H and O–H groups in total. The average molecular weight is 690 g/mol. The molecule has 3 fully saturated rings. The van der Waals surface area contributed by atoms with E-state index in [1.165, 1.54) is 38.9 Å². The van der Waals surface area contributed by atoms with Gasteiger partial charge in [0.1, 0.15) is 24.2 Å². The maximum atomic E-state index is 15.1. The Bertz CT molecular complexity index is 1380. The maximum absolute atomic E-state index is 15.1. The summed E-state index contributed by atoms with van der Waals surface area (Å²) in [7, 11) is 5.53. The molecule has 2 saturated carbocycles. The molecule has 12 nitrogen and oxygen atoms in total. The number of ether oxygens (including phenoxy) is 1. The number of aromatic nitrogens is 2. The minimum atomic E-state index is -0.853. The molecule has 14 heteroatoms. The van der Waals surface area contributed by atoms with Gasteiger partial charge in [0.15, 0.2) is 0 Å². The second-order valence-corrected chi connectivity index (χ2v) is 12.8. The van der Waals surface area contributed by atoms with Crippen molar-refractivity contribution < 1.29 is 32.7 Å². The molecule has 5 rings (SSSR count). The molecule has 49 heavy (non-hydrogen) atoms. The molecule has 3 aliphatic rings. The van der Waals surface area contributed by atoms with E-state index < -0.39 is 23.7 Å². The molecule has 2 heterocycles. The summed E-state index contributed by atoms with van der Waals surface area (Å²) in [5, 5.41) is 12.0. The molecule has 2 aliphatic carbocycles. The van der Waals surface area contributed by atoms with E-state index in [0.717, 1.165) is 19.6 Å². The fraction of sp³-hybridized carbons (Fsp3) is 0.629. The van der Waals surface area contributed by atoms with Crippen LogP contribution in [0.25, 0.3) is 0 Å². The molecule has 2 atom stereocenters. The summed E-state index contributed by atoms with van der Waals surface area (Å²) >= 11 is 0. The van der Waals surface area contributed by atoms with Crippen LogP contribution in [-0.4, -0.2) is 110 Å². The van der Waals surface area contributed by atoms with Crippen LogP contribution in [-0.2, 0) is 25.7 Å². The van der Waals surface area contributed by atoms with Gasteiger partial charge in [0.2, 0.25) is 17.7 Å². The van der Waals surface area contributed by atoms with Crippen molar-refractivity contribution in [2.75, 3.05) is 66.5 Å². The number of nitrogens with one attached hydrogen (secondary N) is 3. The molecule has 1 aromatic heterocycles. The summed E-state index contributed by atoms with van der Waals surface area (Å²) in [6, 6.07) is 5.47. The van der Waals surface area contributed by atoms with Gasteiger partial charge in [-0.25, -0.2) is 4.39 Å². The normalized spacial score (nSPS) is 17.1. The van der Waals surface area contributed by atoms with Crippen molar-refractivity contribution in [2.24, 2.45) is 17.8 Å². The number of aryl methyl sites for hydroxylation is 1. The van der Waals surface area contributed by atoms with Gasteiger partial charge in [-0.1, -0.05) is 13.0 Å². The largest absolute Gasteiger partial charge is 0.375 e. The van der Waals surface area contributed by atoms with Crippen LogP contribution in [0.1, 0.15) is 67.9 Å². The first kappa shape index (κ1) is 39.5. The first-order valence-electron chi connectivity index (χ1n) is 17.0. The van der Waals surface area contributed by atoms with Gasteiger partial charge in [-0.15, -0.1) is 0 Å². The number of hydrogen-bond acceptors (Lipinski definition) is 7. The number of benzene rings is 1. The standard InChI is InChI=1S/C27H39FN4O4.C7H11N3O.CH3F/c1-17(26(30-25(34)16-36-3)27(35)32-12-10-31(2)11-13-32)20-8-9-23(22(28)14-20)29-24(33)15-21(18-4-5-18)19-6-7-19;1-3-10-6(4-5-9-10)7(11)8-2;1-2/h8-9,14,17-19,21,26H,4-7,10-13,15-16H2,1-3H3,(H,29,33)(H,30,34);4-5H,3H2,1-2H3,(H,8,11);1H3. The fourth-order valence-electron chi connectivity index (χ4n) is 6.17. The third kappa shape index (κ3) is 11.6. The van der Waals surface area contributed by atoms with Crippen LogP contribution in [0.15, 0.2) is 30.5 Å². The van der Waals surface area contributed by atoms with Gasteiger partial charge >= 0.3 is 0 Å². The third-order valence-electron chi connectivity index (χ3n) is 9.32. The average Bonchev–Trinajstić information content (AvgIpc) is 4.06. The summed E-state index contributed by atoms with van der Waals surface area (Å²) in [6.07, 6.45) is 6.86. The van der Waals surface area contributed by atoms with E-state index >= 15 is 4.39 Å². The molecule has 0 radical (unpaired) electrons. The number of hydrogen-bond donors (Lipinski definition) is 3. The Kier molecular flexibility index (Phi) is 15.6. The maximum Gasteiger partial charge on any atom is 0.269 e. The Hall–Kier alpha value is -3.91. The summed E-state index contributed by atoms with van der Waals surface area (Å²) in [5.41, 5.74) is 1.33. The number of halogens is 2. The van der Waals surface area contributed by atoms with Crippen LogP contribution in [0.5, 0.6) is 0 Å². The molecular weight excluding hydrogens is 636 g/mol. The zero-order chi connectivity index (χ0) is 36.1. The number of piperazine rings is 1. The van der Waals surface area contributed by atoms with Gasteiger partial charge in [-0.05, 0) is 81.2 Å². The minimum absolute atomic E-state index is 0.0932. The minimum Gasteiger partial charge on any atom is -0.375 e. The lowest BCUT2D eigenvalue weighted by molar-refractivity contribution is -0.139. The summed E-state index contributed by atoms with van der Waals surface area (Å²) in [6.45, 7) is 6.95. The van der Waals surface area contributed by atoms with Crippen LogP contribution in [0.2, 0.25) is 0 Å². The van der Waals surface area contributed by atoms with Crippen molar-refractivity contribution in [3.8, 4) is 0 Å². The summed E-state index contributed by atoms with van der Waals surface area (Å²) < 4.78 is 31.1. The van der Waals surface area contributed by atoms with Crippen LogP contribution in [0.3, 0.4) is 0 Å². The number of methoxy groups -OCH3 is 1. The Morgan fingerprint density at radius 2 is 1.63 bits per heavy atom.